The van der Waals surface area contributed by atoms with Gasteiger partial charge in [0.15, 0.2) is 0 Å². The molecule has 1 unspecified atom stereocenters. The highest BCUT2D eigenvalue weighted by molar-refractivity contribution is 6.31. The number of benzene rings is 3. The van der Waals surface area contributed by atoms with Gasteiger partial charge in [-0.25, -0.2) is 4.39 Å². The number of nitrogens with zero attached hydrogens (tertiary/aromatic N) is 1. The van der Waals surface area contributed by atoms with Crippen molar-refractivity contribution in [3.8, 4) is 5.75 Å². The molecule has 0 bridgehead atoms. The van der Waals surface area contributed by atoms with E-state index in [1.807, 2.05) is 6.92 Å². The summed E-state index contributed by atoms with van der Waals surface area (Å²) < 4.78 is 19.0. The maximum atomic E-state index is 13.6. The fourth-order valence-electron chi connectivity index (χ4n) is 3.70. The molecule has 0 radical (unpaired) electrons. The van der Waals surface area contributed by atoms with Gasteiger partial charge in [-0.1, -0.05) is 29.8 Å². The summed E-state index contributed by atoms with van der Waals surface area (Å²) in [5.41, 5.74) is 2.32. The molecular formula is C24H20ClFN2O3. The van der Waals surface area contributed by atoms with Crippen molar-refractivity contribution in [1.82, 2.24) is 4.90 Å². The molecule has 4 rings (SSSR count). The molecule has 7 heteroatoms. The van der Waals surface area contributed by atoms with Crippen LogP contribution in [0.15, 0.2) is 66.7 Å². The Morgan fingerprint density at radius 3 is 2.52 bits per heavy atom. The second-order valence-corrected chi connectivity index (χ2v) is 7.56. The Labute approximate surface area is 184 Å². The average Bonchev–Trinajstić information content (AvgIpc) is 2.90. The van der Waals surface area contributed by atoms with E-state index in [9.17, 15) is 14.0 Å². The van der Waals surface area contributed by atoms with Gasteiger partial charge < -0.3 is 15.0 Å². The van der Waals surface area contributed by atoms with Gasteiger partial charge in [-0.2, -0.15) is 0 Å². The number of anilines is 1. The first-order valence-corrected chi connectivity index (χ1v) is 10.2. The third kappa shape index (κ3) is 4.39. The Bertz CT molecular complexity index is 1120. The number of fused-ring (bicyclic) bond motifs is 1. The topological polar surface area (TPSA) is 58.6 Å². The first-order valence-electron chi connectivity index (χ1n) is 9.85. The van der Waals surface area contributed by atoms with Crippen molar-refractivity contribution in [2.45, 2.75) is 13.0 Å². The van der Waals surface area contributed by atoms with Crippen molar-refractivity contribution in [3.63, 3.8) is 0 Å². The maximum Gasteiger partial charge on any atom is 0.255 e. The predicted molar refractivity (Wildman–Crippen MR) is 117 cm³/mol. The van der Waals surface area contributed by atoms with Crippen LogP contribution < -0.4 is 10.1 Å². The van der Waals surface area contributed by atoms with Crippen LogP contribution in [0.1, 0.15) is 34.5 Å². The normalized spacial score (nSPS) is 15.6. The first kappa shape index (κ1) is 20.9. The van der Waals surface area contributed by atoms with Crippen LogP contribution in [0, 0.1) is 5.82 Å². The van der Waals surface area contributed by atoms with E-state index in [-0.39, 0.29) is 24.2 Å². The third-order valence-corrected chi connectivity index (χ3v) is 5.30. The van der Waals surface area contributed by atoms with Crippen molar-refractivity contribution < 1.29 is 18.7 Å². The van der Waals surface area contributed by atoms with Crippen LogP contribution in [0.25, 0.3) is 0 Å². The van der Waals surface area contributed by atoms with E-state index in [0.29, 0.717) is 39.8 Å². The summed E-state index contributed by atoms with van der Waals surface area (Å²) in [6.07, 6.45) is 0. The van der Waals surface area contributed by atoms with E-state index in [1.165, 1.54) is 17.0 Å². The highest BCUT2D eigenvalue weighted by atomic mass is 35.5. The van der Waals surface area contributed by atoms with Crippen LogP contribution in [-0.4, -0.2) is 29.9 Å². The summed E-state index contributed by atoms with van der Waals surface area (Å²) >= 11 is 6.13. The zero-order valence-electron chi connectivity index (χ0n) is 16.8. The van der Waals surface area contributed by atoms with Gasteiger partial charge in [0.05, 0.1) is 12.6 Å². The van der Waals surface area contributed by atoms with Crippen LogP contribution >= 0.6 is 11.6 Å². The van der Waals surface area contributed by atoms with Crippen LogP contribution in [0.4, 0.5) is 10.1 Å². The van der Waals surface area contributed by atoms with Crippen LogP contribution in [0.5, 0.6) is 5.75 Å². The second-order valence-electron chi connectivity index (χ2n) is 7.12. The van der Waals surface area contributed by atoms with Crippen molar-refractivity contribution in [2.24, 2.45) is 0 Å². The Morgan fingerprint density at radius 2 is 1.84 bits per heavy atom. The molecule has 1 heterocycles. The molecule has 0 saturated carbocycles. The largest absolute Gasteiger partial charge is 0.494 e. The van der Waals surface area contributed by atoms with E-state index in [1.54, 1.807) is 54.6 Å². The summed E-state index contributed by atoms with van der Waals surface area (Å²) in [4.78, 5) is 27.6. The van der Waals surface area contributed by atoms with Gasteiger partial charge in [-0.15, -0.1) is 0 Å². The molecule has 0 spiro atoms. The van der Waals surface area contributed by atoms with Gasteiger partial charge in [0, 0.05) is 21.8 Å². The van der Waals surface area contributed by atoms with Gasteiger partial charge in [-0.05, 0) is 61.0 Å². The molecule has 0 aromatic heterocycles. The van der Waals surface area contributed by atoms with E-state index in [2.05, 4.69) is 5.32 Å². The molecule has 1 aliphatic rings. The Morgan fingerprint density at radius 1 is 1.13 bits per heavy atom. The SMILES string of the molecule is CCOc1ccc(C(=O)N2CC(=O)Nc3cc(Cl)ccc3C2c2ccc(F)cc2)cc1. The van der Waals surface area contributed by atoms with Gasteiger partial charge in [0.25, 0.3) is 5.91 Å². The lowest BCUT2D eigenvalue weighted by Crippen LogP contribution is -2.39. The van der Waals surface area contributed by atoms with E-state index in [0.717, 1.165) is 0 Å². The fourth-order valence-corrected chi connectivity index (χ4v) is 3.87. The minimum absolute atomic E-state index is 0.166. The Kier molecular flexibility index (Phi) is 5.91. The Hall–Kier alpha value is -3.38. The van der Waals surface area contributed by atoms with E-state index < -0.39 is 6.04 Å². The number of carbonyl (C=O) groups excluding carboxylic acids is 2. The molecule has 2 amide bonds. The first-order chi connectivity index (χ1) is 15.0. The minimum Gasteiger partial charge on any atom is -0.494 e. The lowest BCUT2D eigenvalue weighted by atomic mass is 9.95. The third-order valence-electron chi connectivity index (χ3n) is 5.07. The lowest BCUT2D eigenvalue weighted by Gasteiger charge is -2.30. The van der Waals surface area contributed by atoms with Gasteiger partial charge in [0.1, 0.15) is 18.1 Å². The fraction of sp³-hybridized carbons (Fsp3) is 0.167. The van der Waals surface area contributed by atoms with Crippen LogP contribution in [0.3, 0.4) is 0 Å². The van der Waals surface area contributed by atoms with Gasteiger partial charge >= 0.3 is 0 Å². The highest BCUT2D eigenvalue weighted by Crippen LogP contribution is 2.38. The van der Waals surface area contributed by atoms with Gasteiger partial charge in [0.2, 0.25) is 5.91 Å². The zero-order valence-corrected chi connectivity index (χ0v) is 17.5. The molecule has 3 aromatic rings. The highest BCUT2D eigenvalue weighted by Gasteiger charge is 2.34. The summed E-state index contributed by atoms with van der Waals surface area (Å²) in [5.74, 6) is -0.391. The molecule has 31 heavy (non-hydrogen) atoms. The van der Waals surface area contributed by atoms with Crippen molar-refractivity contribution >= 4 is 29.1 Å². The molecule has 158 valence electrons. The molecule has 5 nitrogen and oxygen atoms in total. The second kappa shape index (κ2) is 8.78. The number of rotatable bonds is 4. The average molecular weight is 439 g/mol. The van der Waals surface area contributed by atoms with Crippen molar-refractivity contribution in [2.75, 3.05) is 18.5 Å². The number of halogens is 2. The molecule has 3 aromatic carbocycles. The van der Waals surface area contributed by atoms with Crippen molar-refractivity contribution in [1.29, 1.82) is 0 Å². The number of hydrogen-bond donors (Lipinski definition) is 1. The van der Waals surface area contributed by atoms with E-state index in [4.69, 9.17) is 16.3 Å². The summed E-state index contributed by atoms with van der Waals surface area (Å²) in [6, 6.07) is 17.2. The van der Waals surface area contributed by atoms with Crippen LogP contribution in [-0.2, 0) is 4.79 Å². The smallest absolute Gasteiger partial charge is 0.255 e. The zero-order chi connectivity index (χ0) is 22.0. The number of ether oxygens (including phenoxy) is 1. The number of amides is 2. The summed E-state index contributed by atoms with van der Waals surface area (Å²) in [5, 5.41) is 3.29. The van der Waals surface area contributed by atoms with Crippen molar-refractivity contribution in [3.05, 3.63) is 94.3 Å². The Balaban J connectivity index is 1.81. The molecule has 0 aliphatic carbocycles. The molecule has 1 N–H and O–H groups in total. The number of nitrogens with one attached hydrogen (secondary N) is 1. The molecule has 0 saturated heterocycles. The molecule has 1 aliphatic heterocycles. The summed E-state index contributed by atoms with van der Waals surface area (Å²) in [7, 11) is 0. The van der Waals surface area contributed by atoms with Gasteiger partial charge in [-0.3, -0.25) is 9.59 Å². The quantitative estimate of drug-likeness (QED) is 0.619. The molecule has 1 atom stereocenters. The van der Waals surface area contributed by atoms with E-state index >= 15 is 0 Å². The van der Waals surface area contributed by atoms with Crippen LogP contribution in [0.2, 0.25) is 5.02 Å². The summed E-state index contributed by atoms with van der Waals surface area (Å²) in [6.45, 7) is 2.23. The number of carbonyl (C=O) groups is 2. The standard InChI is InChI=1S/C24H20ClFN2O3/c1-2-31-19-10-5-16(6-11-19)24(30)28-14-22(29)27-21-13-17(25)7-12-20(21)23(28)15-3-8-18(26)9-4-15/h3-13,23H,2,14H2,1H3,(H,27,29). The molecule has 0 fully saturated rings. The predicted octanol–water partition coefficient (Wildman–Crippen LogP) is 5.06. The maximum absolute atomic E-state index is 13.6. The lowest BCUT2D eigenvalue weighted by molar-refractivity contribution is -0.117. The minimum atomic E-state index is -0.606. The monoisotopic (exact) mass is 438 g/mol. The number of hydrogen-bond acceptors (Lipinski definition) is 3. The molecular weight excluding hydrogens is 419 g/mol.